The number of ether oxygens (including phenoxy) is 1. The molecular weight excluding hydrogens is 216 g/mol. The summed E-state index contributed by atoms with van der Waals surface area (Å²) in [6, 6.07) is 9.90. The molecule has 0 fully saturated rings. The lowest BCUT2D eigenvalue weighted by Gasteiger charge is -2.10. The van der Waals surface area contributed by atoms with Crippen LogP contribution in [0.3, 0.4) is 0 Å². The fourth-order valence-corrected chi connectivity index (χ4v) is 1.69. The van der Waals surface area contributed by atoms with Crippen molar-refractivity contribution in [2.24, 2.45) is 0 Å². The minimum absolute atomic E-state index is 0.103. The van der Waals surface area contributed by atoms with Crippen molar-refractivity contribution in [1.29, 1.82) is 0 Å². The first-order valence-electron chi connectivity index (χ1n) is 5.77. The third kappa shape index (κ3) is 4.81. The molecule has 0 aliphatic heterocycles. The van der Waals surface area contributed by atoms with Gasteiger partial charge in [0.15, 0.2) is 0 Å². The van der Waals surface area contributed by atoms with E-state index in [1.807, 2.05) is 37.3 Å². The molecule has 1 aromatic rings. The molecule has 0 aromatic heterocycles. The molecule has 0 aliphatic rings. The van der Waals surface area contributed by atoms with Crippen LogP contribution in [-0.4, -0.2) is 18.9 Å². The van der Waals surface area contributed by atoms with Crippen LogP contribution in [0.4, 0.5) is 0 Å². The van der Waals surface area contributed by atoms with Crippen molar-refractivity contribution in [2.45, 2.75) is 32.1 Å². The highest BCUT2D eigenvalue weighted by molar-refractivity contribution is 5.83. The van der Waals surface area contributed by atoms with E-state index in [9.17, 15) is 9.59 Å². The second kappa shape index (κ2) is 6.84. The lowest BCUT2D eigenvalue weighted by atomic mass is 9.94. The number of carbonyl (C=O) groups excluding carboxylic acids is 2. The van der Waals surface area contributed by atoms with Crippen LogP contribution >= 0.6 is 0 Å². The summed E-state index contributed by atoms with van der Waals surface area (Å²) in [7, 11) is 1.33. The third-order valence-electron chi connectivity index (χ3n) is 2.74. The predicted octanol–water partition coefficient (Wildman–Crippen LogP) is 2.70. The molecule has 1 aromatic carbocycles. The van der Waals surface area contributed by atoms with Crippen LogP contribution < -0.4 is 0 Å². The first-order valence-corrected chi connectivity index (χ1v) is 5.77. The molecule has 0 heterocycles. The summed E-state index contributed by atoms with van der Waals surface area (Å²) in [5.41, 5.74) is 1.15. The fraction of sp³-hybridized carbons (Fsp3) is 0.429. The third-order valence-corrected chi connectivity index (χ3v) is 2.74. The van der Waals surface area contributed by atoms with Crippen molar-refractivity contribution >= 4 is 11.8 Å². The monoisotopic (exact) mass is 234 g/mol. The van der Waals surface area contributed by atoms with Gasteiger partial charge in [0.1, 0.15) is 5.78 Å². The molecule has 0 N–H and O–H groups in total. The van der Waals surface area contributed by atoms with Crippen molar-refractivity contribution in [1.82, 2.24) is 0 Å². The van der Waals surface area contributed by atoms with E-state index in [0.29, 0.717) is 6.42 Å². The van der Waals surface area contributed by atoms with Gasteiger partial charge in [0, 0.05) is 12.8 Å². The van der Waals surface area contributed by atoms with Crippen molar-refractivity contribution in [2.75, 3.05) is 7.11 Å². The number of benzene rings is 1. The Morgan fingerprint density at radius 1 is 1.18 bits per heavy atom. The number of carbonyl (C=O) groups is 2. The van der Waals surface area contributed by atoms with Gasteiger partial charge >= 0.3 is 5.97 Å². The first-order chi connectivity index (χ1) is 8.13. The Morgan fingerprint density at radius 3 is 2.41 bits per heavy atom. The minimum atomic E-state index is -0.328. The lowest BCUT2D eigenvalue weighted by Crippen LogP contribution is -2.08. The van der Waals surface area contributed by atoms with Gasteiger partial charge in [0.25, 0.3) is 0 Å². The summed E-state index contributed by atoms with van der Waals surface area (Å²) in [5.74, 6) is -0.0289. The second-order valence-electron chi connectivity index (χ2n) is 4.13. The molecule has 3 heteroatoms. The minimum Gasteiger partial charge on any atom is -0.469 e. The summed E-state index contributed by atoms with van der Waals surface area (Å²) in [4.78, 5) is 22.5. The molecule has 1 rings (SSSR count). The van der Waals surface area contributed by atoms with Crippen LogP contribution in [-0.2, 0) is 14.3 Å². The molecule has 0 saturated heterocycles. The standard InChI is InChI=1S/C14H18O3/c1-11(12-6-4-3-5-7-12)10-13(15)8-9-14(16)17-2/h3-7,11H,8-10H2,1-2H3/t11-/m0/s1. The largest absolute Gasteiger partial charge is 0.469 e. The number of esters is 1. The van der Waals surface area contributed by atoms with Gasteiger partial charge in [0.05, 0.1) is 13.5 Å². The maximum Gasteiger partial charge on any atom is 0.305 e. The molecule has 0 saturated carbocycles. The highest BCUT2D eigenvalue weighted by Gasteiger charge is 2.12. The van der Waals surface area contributed by atoms with E-state index in [4.69, 9.17) is 0 Å². The molecule has 0 spiro atoms. The summed E-state index contributed by atoms with van der Waals surface area (Å²) in [6.07, 6.45) is 0.918. The topological polar surface area (TPSA) is 43.4 Å². The highest BCUT2D eigenvalue weighted by atomic mass is 16.5. The zero-order valence-corrected chi connectivity index (χ0v) is 10.3. The SMILES string of the molecule is COC(=O)CCC(=O)C[C@H](C)c1ccccc1. The summed E-state index contributed by atoms with van der Waals surface area (Å²) in [6.45, 7) is 2.02. The summed E-state index contributed by atoms with van der Waals surface area (Å²) >= 11 is 0. The Kier molecular flexibility index (Phi) is 5.40. The normalized spacial score (nSPS) is 11.9. The van der Waals surface area contributed by atoms with Gasteiger partial charge in [-0.1, -0.05) is 37.3 Å². The van der Waals surface area contributed by atoms with E-state index in [1.54, 1.807) is 0 Å². The molecule has 0 amide bonds. The average Bonchev–Trinajstić information content (AvgIpc) is 2.36. The Labute approximate surface area is 102 Å². The van der Waals surface area contributed by atoms with E-state index >= 15 is 0 Å². The van der Waals surface area contributed by atoms with E-state index in [2.05, 4.69) is 4.74 Å². The number of hydrogen-bond donors (Lipinski definition) is 0. The van der Waals surface area contributed by atoms with Gasteiger partial charge in [0.2, 0.25) is 0 Å². The van der Waals surface area contributed by atoms with Gasteiger partial charge in [-0.15, -0.1) is 0 Å². The van der Waals surface area contributed by atoms with Crippen LogP contribution in [0.1, 0.15) is 37.7 Å². The first kappa shape index (κ1) is 13.4. The van der Waals surface area contributed by atoms with Gasteiger partial charge in [-0.05, 0) is 11.5 Å². The Hall–Kier alpha value is -1.64. The molecule has 17 heavy (non-hydrogen) atoms. The van der Waals surface area contributed by atoms with Gasteiger partial charge in [-0.2, -0.15) is 0 Å². The molecule has 92 valence electrons. The van der Waals surface area contributed by atoms with Crippen molar-refractivity contribution in [3.05, 3.63) is 35.9 Å². The van der Waals surface area contributed by atoms with Gasteiger partial charge in [-0.3, -0.25) is 9.59 Å². The number of hydrogen-bond acceptors (Lipinski definition) is 3. The van der Waals surface area contributed by atoms with Crippen LogP contribution in [0.2, 0.25) is 0 Å². The quantitative estimate of drug-likeness (QED) is 0.711. The maximum atomic E-state index is 11.6. The number of Topliss-reactive ketones (excluding diaryl/α,β-unsaturated/α-hetero) is 1. The average molecular weight is 234 g/mol. The molecular formula is C14H18O3. The van der Waals surface area contributed by atoms with Crippen molar-refractivity contribution in [3.63, 3.8) is 0 Å². The van der Waals surface area contributed by atoms with Gasteiger partial charge < -0.3 is 4.74 Å². The second-order valence-corrected chi connectivity index (χ2v) is 4.13. The number of rotatable bonds is 6. The number of ketones is 1. The zero-order valence-electron chi connectivity index (χ0n) is 10.3. The molecule has 0 unspecified atom stereocenters. The zero-order chi connectivity index (χ0) is 12.7. The van der Waals surface area contributed by atoms with E-state index < -0.39 is 0 Å². The van der Waals surface area contributed by atoms with Crippen molar-refractivity contribution < 1.29 is 14.3 Å². The van der Waals surface area contributed by atoms with Crippen LogP contribution in [0.15, 0.2) is 30.3 Å². The Balaban J connectivity index is 2.39. The van der Waals surface area contributed by atoms with Crippen molar-refractivity contribution in [3.8, 4) is 0 Å². The van der Waals surface area contributed by atoms with E-state index in [-0.39, 0.29) is 30.5 Å². The van der Waals surface area contributed by atoms with Gasteiger partial charge in [-0.25, -0.2) is 0 Å². The van der Waals surface area contributed by atoms with Crippen LogP contribution in [0.25, 0.3) is 0 Å². The molecule has 1 atom stereocenters. The summed E-state index contributed by atoms with van der Waals surface area (Å²) < 4.78 is 4.50. The van der Waals surface area contributed by atoms with Crippen LogP contribution in [0.5, 0.6) is 0 Å². The molecule has 0 bridgehead atoms. The molecule has 0 aliphatic carbocycles. The molecule has 0 radical (unpaired) electrons. The lowest BCUT2D eigenvalue weighted by molar-refractivity contribution is -0.142. The number of methoxy groups -OCH3 is 1. The maximum absolute atomic E-state index is 11.6. The van der Waals surface area contributed by atoms with E-state index in [1.165, 1.54) is 7.11 Å². The fourth-order valence-electron chi connectivity index (χ4n) is 1.69. The Morgan fingerprint density at radius 2 is 1.82 bits per heavy atom. The van der Waals surface area contributed by atoms with E-state index in [0.717, 1.165) is 5.56 Å². The smallest absolute Gasteiger partial charge is 0.305 e. The molecule has 3 nitrogen and oxygen atoms in total. The highest BCUT2D eigenvalue weighted by Crippen LogP contribution is 2.19. The summed E-state index contributed by atoms with van der Waals surface area (Å²) in [5, 5.41) is 0. The predicted molar refractivity (Wildman–Crippen MR) is 65.7 cm³/mol. The van der Waals surface area contributed by atoms with Crippen LogP contribution in [0, 0.1) is 0 Å². The Bertz CT molecular complexity index is 370.